The number of hydrogen-bond acceptors (Lipinski definition) is 10. The van der Waals surface area contributed by atoms with Crippen molar-refractivity contribution in [3.63, 3.8) is 0 Å². The van der Waals surface area contributed by atoms with Crippen LogP contribution in [0, 0.1) is 23.2 Å². The Morgan fingerprint density at radius 1 is 1.32 bits per heavy atom. The maximum Gasteiger partial charge on any atom is 0.306 e. The first-order valence-corrected chi connectivity index (χ1v) is 12.7. The van der Waals surface area contributed by atoms with Gasteiger partial charge in [-0.2, -0.15) is 10.4 Å². The Morgan fingerprint density at radius 2 is 2.05 bits per heavy atom. The fourth-order valence-electron chi connectivity index (χ4n) is 4.99. The van der Waals surface area contributed by atoms with E-state index in [1.165, 1.54) is 23.3 Å². The van der Waals surface area contributed by atoms with Crippen molar-refractivity contribution in [3.05, 3.63) is 24.2 Å². The highest BCUT2D eigenvalue weighted by Gasteiger charge is 2.57. The lowest BCUT2D eigenvalue weighted by Crippen LogP contribution is -2.41. The Balaban J connectivity index is 1.52. The molecule has 1 aliphatic carbocycles. The van der Waals surface area contributed by atoms with Gasteiger partial charge in [0.25, 0.3) is 0 Å². The van der Waals surface area contributed by atoms with Gasteiger partial charge < -0.3 is 30.7 Å². The average molecular weight is 515 g/mol. The van der Waals surface area contributed by atoms with Crippen LogP contribution in [0.2, 0.25) is 0 Å². The zero-order chi connectivity index (χ0) is 26.7. The SMILES string of the molecule is CC(C)[C@H](N)C(=O)Nc1ncnn2c([C@]3(C#N)O[C@H](COC(=O)CC4CCCCC4)[C@@H](O)[C@H]3O)ccc12. The van der Waals surface area contributed by atoms with E-state index in [1.807, 2.05) is 19.9 Å². The molecule has 1 saturated heterocycles. The van der Waals surface area contributed by atoms with Crippen LogP contribution in [0.15, 0.2) is 18.5 Å². The standard InChI is InChI=1S/C25H34N6O6/c1-14(2)20(27)24(35)30-23-16-8-9-18(31(16)29-13-28-23)25(12-26)22(34)21(33)17(37-25)11-36-19(32)10-15-6-4-3-5-7-15/h8-9,13-15,17,20-22,33-34H,3-7,10-11,27H2,1-2H3,(H,28,29,30,35)/t17-,20+,21-,22-,25+/m1/s1. The zero-order valence-electron chi connectivity index (χ0n) is 21.0. The maximum atomic E-state index is 12.5. The van der Waals surface area contributed by atoms with Crippen LogP contribution in [-0.4, -0.2) is 67.6 Å². The monoisotopic (exact) mass is 514 g/mol. The Morgan fingerprint density at radius 3 is 2.73 bits per heavy atom. The van der Waals surface area contributed by atoms with Gasteiger partial charge >= 0.3 is 5.97 Å². The molecule has 5 atom stereocenters. The van der Waals surface area contributed by atoms with E-state index in [0.29, 0.717) is 11.9 Å². The number of esters is 1. The number of aliphatic hydroxyl groups excluding tert-OH is 2. The van der Waals surface area contributed by atoms with Crippen molar-refractivity contribution >= 4 is 23.2 Å². The van der Waals surface area contributed by atoms with Crippen molar-refractivity contribution in [3.8, 4) is 6.07 Å². The van der Waals surface area contributed by atoms with Gasteiger partial charge in [0.2, 0.25) is 11.5 Å². The summed E-state index contributed by atoms with van der Waals surface area (Å²) < 4.78 is 12.5. The number of carbonyl (C=O) groups is 2. The molecule has 1 saturated carbocycles. The molecule has 1 aliphatic heterocycles. The number of nitrogens with one attached hydrogen (secondary N) is 1. The van der Waals surface area contributed by atoms with Crippen LogP contribution in [0.1, 0.15) is 58.1 Å². The predicted octanol–water partition coefficient (Wildman–Crippen LogP) is 1.00. The zero-order valence-corrected chi connectivity index (χ0v) is 21.0. The Labute approximate surface area is 214 Å². The molecule has 5 N–H and O–H groups in total. The van der Waals surface area contributed by atoms with Crippen LogP contribution in [0.5, 0.6) is 0 Å². The van der Waals surface area contributed by atoms with Gasteiger partial charge in [0.05, 0.1) is 11.7 Å². The molecule has 200 valence electrons. The third-order valence-corrected chi connectivity index (χ3v) is 7.31. The summed E-state index contributed by atoms with van der Waals surface area (Å²) in [7, 11) is 0. The summed E-state index contributed by atoms with van der Waals surface area (Å²) in [6, 6.07) is 4.27. The number of fused-ring (bicyclic) bond motifs is 1. The molecule has 2 aromatic heterocycles. The van der Waals surface area contributed by atoms with E-state index in [9.17, 15) is 25.1 Å². The number of aromatic nitrogens is 3. The molecule has 12 nitrogen and oxygen atoms in total. The summed E-state index contributed by atoms with van der Waals surface area (Å²) in [5.41, 5.74) is 4.39. The van der Waals surface area contributed by atoms with Gasteiger partial charge in [-0.05, 0) is 36.8 Å². The van der Waals surface area contributed by atoms with Crippen molar-refractivity contribution < 1.29 is 29.3 Å². The second-order valence-corrected chi connectivity index (χ2v) is 10.2. The second-order valence-electron chi connectivity index (χ2n) is 10.2. The van der Waals surface area contributed by atoms with Gasteiger partial charge in [-0.15, -0.1) is 0 Å². The molecule has 3 heterocycles. The minimum atomic E-state index is -2.00. The van der Waals surface area contributed by atoms with Crippen molar-refractivity contribution in [2.24, 2.45) is 17.6 Å². The molecule has 2 aliphatic rings. The molecule has 0 aromatic carbocycles. The summed E-state index contributed by atoms with van der Waals surface area (Å²) in [5.74, 6) is -0.476. The van der Waals surface area contributed by atoms with Gasteiger partial charge in [-0.3, -0.25) is 9.59 Å². The molecule has 2 fully saturated rings. The average Bonchev–Trinajstić information content (AvgIpc) is 3.43. The van der Waals surface area contributed by atoms with Crippen LogP contribution >= 0.6 is 0 Å². The van der Waals surface area contributed by atoms with E-state index in [2.05, 4.69) is 15.4 Å². The maximum absolute atomic E-state index is 12.5. The number of ether oxygens (including phenoxy) is 2. The van der Waals surface area contributed by atoms with Gasteiger partial charge in [0.15, 0.2) is 5.82 Å². The Hall–Kier alpha value is -3.11. The van der Waals surface area contributed by atoms with Crippen molar-refractivity contribution in [1.29, 1.82) is 5.26 Å². The third kappa shape index (κ3) is 5.31. The minimum Gasteiger partial charge on any atom is -0.463 e. The molecule has 0 unspecified atom stereocenters. The number of nitriles is 1. The van der Waals surface area contributed by atoms with Gasteiger partial charge in [-0.1, -0.05) is 33.1 Å². The molecular formula is C25H34N6O6. The number of amides is 1. The first-order valence-electron chi connectivity index (χ1n) is 12.7. The first kappa shape index (κ1) is 26.9. The quantitative estimate of drug-likeness (QED) is 0.370. The third-order valence-electron chi connectivity index (χ3n) is 7.31. The molecule has 0 radical (unpaired) electrons. The number of carbonyl (C=O) groups excluding carboxylic acids is 2. The number of nitrogens with zero attached hydrogens (tertiary/aromatic N) is 4. The smallest absolute Gasteiger partial charge is 0.306 e. The molecule has 0 bridgehead atoms. The molecular weight excluding hydrogens is 480 g/mol. The molecule has 4 rings (SSSR count). The number of aliphatic hydroxyl groups is 2. The summed E-state index contributed by atoms with van der Waals surface area (Å²) in [4.78, 5) is 28.9. The van der Waals surface area contributed by atoms with E-state index in [-0.39, 0.29) is 30.0 Å². The van der Waals surface area contributed by atoms with Gasteiger partial charge in [-0.25, -0.2) is 9.50 Å². The Kier molecular flexibility index (Phi) is 8.08. The Bertz CT molecular complexity index is 1170. The second kappa shape index (κ2) is 11.1. The van der Waals surface area contributed by atoms with Crippen LogP contribution in [0.3, 0.4) is 0 Å². The first-order chi connectivity index (χ1) is 17.7. The van der Waals surface area contributed by atoms with Crippen LogP contribution < -0.4 is 11.1 Å². The molecule has 1 amide bonds. The molecule has 37 heavy (non-hydrogen) atoms. The van der Waals surface area contributed by atoms with E-state index < -0.39 is 41.8 Å². The summed E-state index contributed by atoms with van der Waals surface area (Å²) in [5, 5.41) is 38.5. The lowest BCUT2D eigenvalue weighted by Gasteiger charge is -2.24. The van der Waals surface area contributed by atoms with E-state index >= 15 is 0 Å². The fraction of sp³-hybridized carbons (Fsp3) is 0.640. The van der Waals surface area contributed by atoms with Gasteiger partial charge in [0, 0.05) is 6.42 Å². The summed E-state index contributed by atoms with van der Waals surface area (Å²) >= 11 is 0. The van der Waals surface area contributed by atoms with Crippen LogP contribution in [-0.2, 0) is 24.7 Å². The summed E-state index contributed by atoms with van der Waals surface area (Å²) in [6.45, 7) is 3.33. The predicted molar refractivity (Wildman–Crippen MR) is 131 cm³/mol. The van der Waals surface area contributed by atoms with Crippen molar-refractivity contribution in [2.75, 3.05) is 11.9 Å². The van der Waals surface area contributed by atoms with Crippen molar-refractivity contribution in [2.45, 2.75) is 82.3 Å². The summed E-state index contributed by atoms with van der Waals surface area (Å²) in [6.07, 6.45) is 2.57. The molecule has 12 heteroatoms. The molecule has 0 spiro atoms. The number of hydrogen-bond donors (Lipinski definition) is 4. The van der Waals surface area contributed by atoms with E-state index in [0.717, 1.165) is 25.7 Å². The lowest BCUT2D eigenvalue weighted by molar-refractivity contribution is -0.152. The van der Waals surface area contributed by atoms with Crippen LogP contribution in [0.25, 0.3) is 5.52 Å². The van der Waals surface area contributed by atoms with E-state index in [4.69, 9.17) is 15.2 Å². The number of rotatable bonds is 8. The minimum absolute atomic E-state index is 0.0979. The normalized spacial score (nSPS) is 27.2. The largest absolute Gasteiger partial charge is 0.463 e. The topological polar surface area (TPSA) is 185 Å². The van der Waals surface area contributed by atoms with Crippen LogP contribution in [0.4, 0.5) is 5.82 Å². The fourth-order valence-corrected chi connectivity index (χ4v) is 4.99. The van der Waals surface area contributed by atoms with Gasteiger partial charge in [0.1, 0.15) is 42.8 Å². The highest BCUT2D eigenvalue weighted by Crippen LogP contribution is 2.40. The van der Waals surface area contributed by atoms with Crippen molar-refractivity contribution in [1.82, 2.24) is 14.6 Å². The van der Waals surface area contributed by atoms with E-state index in [1.54, 1.807) is 6.07 Å². The number of anilines is 1. The lowest BCUT2D eigenvalue weighted by atomic mass is 9.87. The highest BCUT2D eigenvalue weighted by molar-refractivity contribution is 5.97. The highest BCUT2D eigenvalue weighted by atomic mass is 16.6. The number of nitrogens with two attached hydrogens (primary N) is 1. The molecule has 2 aromatic rings.